The highest BCUT2D eigenvalue weighted by molar-refractivity contribution is 5.95. The first-order valence-corrected chi connectivity index (χ1v) is 11.1. The van der Waals surface area contributed by atoms with Crippen LogP contribution < -0.4 is 4.74 Å². The van der Waals surface area contributed by atoms with Crippen molar-refractivity contribution in [1.29, 1.82) is 0 Å². The molecule has 0 saturated carbocycles. The Labute approximate surface area is 190 Å². The van der Waals surface area contributed by atoms with E-state index < -0.39 is 0 Å². The fraction of sp³-hybridized carbons (Fsp3) is 0.542. The summed E-state index contributed by atoms with van der Waals surface area (Å²) >= 11 is 0. The van der Waals surface area contributed by atoms with Crippen LogP contribution in [0, 0.1) is 5.92 Å². The summed E-state index contributed by atoms with van der Waals surface area (Å²) in [7, 11) is 3.39. The molecule has 1 aliphatic rings. The molecule has 0 bridgehead atoms. The summed E-state index contributed by atoms with van der Waals surface area (Å²) in [5.41, 5.74) is 2.31. The first kappa shape index (κ1) is 23.8. The number of rotatable bonds is 8. The standard InChI is InChI=1S/C24H34N4O4/c1-6-19-11-22(26(4)25-19)24(30)28-14-21(13-27(12-17(2)3)23(29)15-28)32-16-18-8-7-9-20(10-18)31-5/h7-11,17,21H,6,12-16H2,1-5H3/t21-/m0/s1. The number of carbonyl (C=O) groups excluding carboxylic acids is 2. The normalized spacial score (nSPS) is 17.1. The molecule has 1 aliphatic heterocycles. The maximum Gasteiger partial charge on any atom is 0.272 e. The Morgan fingerprint density at radius 2 is 2.03 bits per heavy atom. The quantitative estimate of drug-likeness (QED) is 0.628. The molecule has 1 saturated heterocycles. The van der Waals surface area contributed by atoms with Gasteiger partial charge in [0.05, 0.1) is 25.5 Å². The molecule has 1 aromatic carbocycles. The van der Waals surface area contributed by atoms with Crippen molar-refractivity contribution >= 4 is 11.8 Å². The Hall–Kier alpha value is -2.87. The van der Waals surface area contributed by atoms with Crippen LogP contribution in [0.1, 0.15) is 42.5 Å². The van der Waals surface area contributed by atoms with E-state index in [0.29, 0.717) is 37.9 Å². The molecule has 8 nitrogen and oxygen atoms in total. The number of amides is 2. The molecular formula is C24H34N4O4. The molecular weight excluding hydrogens is 408 g/mol. The SMILES string of the molecule is CCc1cc(C(=O)N2CC(=O)N(CC(C)C)C[C@H](OCc3cccc(OC)c3)C2)n(C)n1. The summed E-state index contributed by atoms with van der Waals surface area (Å²) in [6, 6.07) is 9.51. The number of hydrogen-bond donors (Lipinski definition) is 0. The van der Waals surface area contributed by atoms with Gasteiger partial charge >= 0.3 is 0 Å². The van der Waals surface area contributed by atoms with Gasteiger partial charge < -0.3 is 19.3 Å². The maximum absolute atomic E-state index is 13.3. The molecule has 1 aromatic heterocycles. The van der Waals surface area contributed by atoms with Crippen molar-refractivity contribution in [3.63, 3.8) is 0 Å². The van der Waals surface area contributed by atoms with Gasteiger partial charge in [-0.15, -0.1) is 0 Å². The van der Waals surface area contributed by atoms with Crippen LogP contribution in [0.25, 0.3) is 0 Å². The lowest BCUT2D eigenvalue weighted by Gasteiger charge is -2.26. The van der Waals surface area contributed by atoms with Gasteiger partial charge in [0.15, 0.2) is 0 Å². The Morgan fingerprint density at radius 3 is 2.69 bits per heavy atom. The molecule has 0 aliphatic carbocycles. The minimum Gasteiger partial charge on any atom is -0.497 e. The summed E-state index contributed by atoms with van der Waals surface area (Å²) in [5.74, 6) is 0.833. The van der Waals surface area contributed by atoms with Gasteiger partial charge in [-0.25, -0.2) is 0 Å². The molecule has 0 unspecified atom stereocenters. The van der Waals surface area contributed by atoms with Crippen LogP contribution in [0.2, 0.25) is 0 Å². The largest absolute Gasteiger partial charge is 0.497 e. The monoisotopic (exact) mass is 442 g/mol. The van der Waals surface area contributed by atoms with E-state index in [-0.39, 0.29) is 24.5 Å². The van der Waals surface area contributed by atoms with Crippen LogP contribution in [0.3, 0.4) is 0 Å². The number of ether oxygens (including phenoxy) is 2. The maximum atomic E-state index is 13.3. The second-order valence-electron chi connectivity index (χ2n) is 8.66. The van der Waals surface area contributed by atoms with E-state index in [1.165, 1.54) is 0 Å². The second kappa shape index (κ2) is 10.6. The van der Waals surface area contributed by atoms with Crippen LogP contribution in [0.15, 0.2) is 30.3 Å². The van der Waals surface area contributed by atoms with Crippen molar-refractivity contribution < 1.29 is 19.1 Å². The summed E-state index contributed by atoms with van der Waals surface area (Å²) in [4.78, 5) is 29.7. The predicted molar refractivity (Wildman–Crippen MR) is 121 cm³/mol. The zero-order chi connectivity index (χ0) is 23.3. The Bertz CT molecular complexity index is 940. The number of aryl methyl sites for hydroxylation is 2. The number of nitrogens with zero attached hydrogens (tertiary/aromatic N) is 4. The van der Waals surface area contributed by atoms with Crippen molar-refractivity contribution in [2.24, 2.45) is 13.0 Å². The summed E-state index contributed by atoms with van der Waals surface area (Å²) in [6.45, 7) is 8.00. The van der Waals surface area contributed by atoms with Gasteiger partial charge in [0.1, 0.15) is 18.0 Å². The molecule has 8 heteroatoms. The molecule has 3 rings (SSSR count). The average Bonchev–Trinajstić information content (AvgIpc) is 3.08. The number of hydrogen-bond acceptors (Lipinski definition) is 5. The van der Waals surface area contributed by atoms with E-state index in [9.17, 15) is 9.59 Å². The van der Waals surface area contributed by atoms with E-state index in [4.69, 9.17) is 9.47 Å². The molecule has 2 aromatic rings. The fourth-order valence-electron chi connectivity index (χ4n) is 3.89. The van der Waals surface area contributed by atoms with Gasteiger partial charge in [0, 0.05) is 26.7 Å². The summed E-state index contributed by atoms with van der Waals surface area (Å²) in [5, 5.41) is 4.38. The van der Waals surface area contributed by atoms with Gasteiger partial charge in [0.25, 0.3) is 5.91 Å². The first-order chi connectivity index (χ1) is 15.3. The number of aromatic nitrogens is 2. The minimum atomic E-state index is -0.297. The zero-order valence-corrected chi connectivity index (χ0v) is 19.7. The second-order valence-corrected chi connectivity index (χ2v) is 8.66. The van der Waals surface area contributed by atoms with Crippen LogP contribution in [0.4, 0.5) is 0 Å². The molecule has 0 spiro atoms. The molecule has 0 radical (unpaired) electrons. The van der Waals surface area contributed by atoms with E-state index in [0.717, 1.165) is 23.4 Å². The van der Waals surface area contributed by atoms with E-state index in [1.54, 1.807) is 29.8 Å². The Balaban J connectivity index is 1.79. The lowest BCUT2D eigenvalue weighted by atomic mass is 10.2. The molecule has 1 atom stereocenters. The molecule has 2 heterocycles. The van der Waals surface area contributed by atoms with Crippen LogP contribution in [0.5, 0.6) is 5.75 Å². The summed E-state index contributed by atoms with van der Waals surface area (Å²) in [6.07, 6.45) is 0.448. The van der Waals surface area contributed by atoms with Crippen molar-refractivity contribution in [2.75, 3.05) is 33.3 Å². The third-order valence-corrected chi connectivity index (χ3v) is 5.53. The summed E-state index contributed by atoms with van der Waals surface area (Å²) < 4.78 is 13.1. The average molecular weight is 443 g/mol. The molecule has 32 heavy (non-hydrogen) atoms. The van der Waals surface area contributed by atoms with E-state index in [2.05, 4.69) is 18.9 Å². The van der Waals surface area contributed by atoms with Gasteiger partial charge in [-0.1, -0.05) is 32.9 Å². The van der Waals surface area contributed by atoms with Crippen LogP contribution in [-0.2, 0) is 29.6 Å². The number of benzene rings is 1. The fourth-order valence-corrected chi connectivity index (χ4v) is 3.89. The van der Waals surface area contributed by atoms with Gasteiger partial charge in [0.2, 0.25) is 5.91 Å². The number of carbonyl (C=O) groups is 2. The highest BCUT2D eigenvalue weighted by Gasteiger charge is 2.32. The number of methoxy groups -OCH3 is 1. The van der Waals surface area contributed by atoms with Crippen LogP contribution in [-0.4, -0.2) is 70.8 Å². The Kier molecular flexibility index (Phi) is 7.90. The minimum absolute atomic E-state index is 0.0389. The van der Waals surface area contributed by atoms with E-state index >= 15 is 0 Å². The lowest BCUT2D eigenvalue weighted by molar-refractivity contribution is -0.132. The molecule has 0 N–H and O–H groups in total. The lowest BCUT2D eigenvalue weighted by Crippen LogP contribution is -2.41. The van der Waals surface area contributed by atoms with Gasteiger partial charge in [-0.3, -0.25) is 14.3 Å². The zero-order valence-electron chi connectivity index (χ0n) is 19.7. The Morgan fingerprint density at radius 1 is 1.25 bits per heavy atom. The highest BCUT2D eigenvalue weighted by atomic mass is 16.5. The molecule has 174 valence electrons. The predicted octanol–water partition coefficient (Wildman–Crippen LogP) is 2.52. The van der Waals surface area contributed by atoms with E-state index in [1.807, 2.05) is 36.1 Å². The molecule has 1 fully saturated rings. The molecule has 2 amide bonds. The van der Waals surface area contributed by atoms with Crippen molar-refractivity contribution in [2.45, 2.75) is 39.9 Å². The smallest absolute Gasteiger partial charge is 0.272 e. The first-order valence-electron chi connectivity index (χ1n) is 11.1. The third kappa shape index (κ3) is 5.88. The topological polar surface area (TPSA) is 76.9 Å². The highest BCUT2D eigenvalue weighted by Crippen LogP contribution is 2.18. The van der Waals surface area contributed by atoms with Gasteiger partial charge in [-0.05, 0) is 36.1 Å². The van der Waals surface area contributed by atoms with Crippen molar-refractivity contribution in [3.8, 4) is 5.75 Å². The third-order valence-electron chi connectivity index (χ3n) is 5.53. The van der Waals surface area contributed by atoms with Gasteiger partial charge in [-0.2, -0.15) is 5.10 Å². The van der Waals surface area contributed by atoms with Crippen LogP contribution >= 0.6 is 0 Å². The van der Waals surface area contributed by atoms with Crippen molar-refractivity contribution in [3.05, 3.63) is 47.3 Å². The van der Waals surface area contributed by atoms with Crippen molar-refractivity contribution in [1.82, 2.24) is 19.6 Å².